The average Bonchev–Trinajstić information content (AvgIpc) is 2.26. The fourth-order valence-corrected chi connectivity index (χ4v) is 1.34. The summed E-state index contributed by atoms with van der Waals surface area (Å²) in [7, 11) is 0. The molecule has 1 aromatic rings. The summed E-state index contributed by atoms with van der Waals surface area (Å²) in [5, 5.41) is 13.1. The van der Waals surface area contributed by atoms with Crippen molar-refractivity contribution in [2.75, 3.05) is 18.4 Å². The molecule has 0 saturated heterocycles. The number of hydrogen-bond acceptors (Lipinski definition) is 4. The highest BCUT2D eigenvalue weighted by Crippen LogP contribution is 2.28. The van der Waals surface area contributed by atoms with E-state index in [-0.39, 0.29) is 11.4 Å². The average molecular weight is 245 g/mol. The fourth-order valence-electron chi connectivity index (χ4n) is 1.34. The topological polar surface area (TPSA) is 81.2 Å². The van der Waals surface area contributed by atoms with E-state index >= 15 is 0 Å². The van der Waals surface area contributed by atoms with Crippen molar-refractivity contribution in [3.05, 3.63) is 33.9 Å². The first kappa shape index (κ1) is 13.3. The van der Waals surface area contributed by atoms with Crippen molar-refractivity contribution in [3.63, 3.8) is 0 Å². The number of nitro benzene ring substituents is 1. The van der Waals surface area contributed by atoms with Crippen LogP contribution >= 0.6 is 0 Å². The minimum atomic E-state index is -3.09. The Morgan fingerprint density at radius 2 is 2.18 bits per heavy atom. The Balaban J connectivity index is 2.92. The third-order valence-electron chi connectivity index (χ3n) is 2.26. The summed E-state index contributed by atoms with van der Waals surface area (Å²) < 4.78 is 25.8. The zero-order valence-corrected chi connectivity index (χ0v) is 9.24. The predicted molar refractivity (Wildman–Crippen MR) is 60.3 cm³/mol. The fraction of sp³-hybridized carbons (Fsp3) is 0.400. The number of nitrogens with two attached hydrogens (primary N) is 1. The molecule has 0 radical (unpaired) electrons. The lowest BCUT2D eigenvalue weighted by molar-refractivity contribution is -0.384. The molecule has 0 aliphatic carbocycles. The molecule has 1 aromatic carbocycles. The lowest BCUT2D eigenvalue weighted by Crippen LogP contribution is -2.35. The summed E-state index contributed by atoms with van der Waals surface area (Å²) in [6.07, 6.45) is 0. The second-order valence-corrected chi connectivity index (χ2v) is 3.64. The molecule has 0 unspecified atom stereocenters. The monoisotopic (exact) mass is 245 g/mol. The van der Waals surface area contributed by atoms with Gasteiger partial charge in [0.25, 0.3) is 11.6 Å². The molecule has 94 valence electrons. The van der Waals surface area contributed by atoms with E-state index in [1.54, 1.807) is 19.1 Å². The SMILES string of the molecule is Cc1cccc(NCC(F)(F)CN)c1[N+](=O)[O-]. The van der Waals surface area contributed by atoms with E-state index < -0.39 is 23.9 Å². The Hall–Kier alpha value is -1.76. The van der Waals surface area contributed by atoms with Crippen molar-refractivity contribution in [1.29, 1.82) is 0 Å². The van der Waals surface area contributed by atoms with Gasteiger partial charge in [-0.3, -0.25) is 10.1 Å². The molecule has 5 nitrogen and oxygen atoms in total. The van der Waals surface area contributed by atoms with Gasteiger partial charge in [0, 0.05) is 5.56 Å². The third kappa shape index (κ3) is 3.35. The second kappa shape index (κ2) is 5.05. The standard InChI is InChI=1S/C10H13F2N3O2/c1-7-3-2-4-8(9(7)15(16)17)14-6-10(11,12)5-13/h2-4,14H,5-6,13H2,1H3. The molecule has 0 aromatic heterocycles. The van der Waals surface area contributed by atoms with E-state index in [2.05, 4.69) is 5.32 Å². The van der Waals surface area contributed by atoms with Gasteiger partial charge in [-0.2, -0.15) is 0 Å². The number of aryl methyl sites for hydroxylation is 1. The van der Waals surface area contributed by atoms with Crippen molar-refractivity contribution in [2.45, 2.75) is 12.8 Å². The molecule has 0 fully saturated rings. The van der Waals surface area contributed by atoms with Crippen molar-refractivity contribution < 1.29 is 13.7 Å². The maximum Gasteiger partial charge on any atom is 0.295 e. The molecule has 7 heteroatoms. The van der Waals surface area contributed by atoms with Gasteiger partial charge in [-0.25, -0.2) is 8.78 Å². The number of rotatable bonds is 5. The molecule has 0 bridgehead atoms. The lowest BCUT2D eigenvalue weighted by atomic mass is 10.1. The van der Waals surface area contributed by atoms with Crippen LogP contribution in [0.15, 0.2) is 18.2 Å². The number of alkyl halides is 2. The van der Waals surface area contributed by atoms with Crippen molar-refractivity contribution in [1.82, 2.24) is 0 Å². The Kier molecular flexibility index (Phi) is 3.95. The first-order chi connectivity index (χ1) is 7.87. The lowest BCUT2D eigenvalue weighted by Gasteiger charge is -2.15. The maximum atomic E-state index is 12.9. The van der Waals surface area contributed by atoms with Crippen LogP contribution in [-0.2, 0) is 0 Å². The molecule has 0 aliphatic rings. The Morgan fingerprint density at radius 1 is 1.53 bits per heavy atom. The summed E-state index contributed by atoms with van der Waals surface area (Å²) in [4.78, 5) is 10.2. The zero-order chi connectivity index (χ0) is 13.1. The minimum absolute atomic E-state index is 0.0723. The quantitative estimate of drug-likeness (QED) is 0.613. The molecular formula is C10H13F2N3O2. The first-order valence-electron chi connectivity index (χ1n) is 4.93. The molecule has 0 atom stereocenters. The number of halogens is 2. The van der Waals surface area contributed by atoms with Gasteiger partial charge in [0.2, 0.25) is 0 Å². The van der Waals surface area contributed by atoms with Crippen molar-refractivity contribution in [3.8, 4) is 0 Å². The zero-order valence-electron chi connectivity index (χ0n) is 9.24. The highest BCUT2D eigenvalue weighted by molar-refractivity contribution is 5.65. The van der Waals surface area contributed by atoms with Gasteiger partial charge in [-0.1, -0.05) is 12.1 Å². The van der Waals surface area contributed by atoms with Crippen LogP contribution < -0.4 is 11.1 Å². The molecule has 0 aliphatic heterocycles. The molecule has 17 heavy (non-hydrogen) atoms. The summed E-state index contributed by atoms with van der Waals surface area (Å²) >= 11 is 0. The largest absolute Gasteiger partial charge is 0.373 e. The van der Waals surface area contributed by atoms with Gasteiger partial charge in [0.05, 0.1) is 18.0 Å². The highest BCUT2D eigenvalue weighted by atomic mass is 19.3. The van der Waals surface area contributed by atoms with Crippen LogP contribution in [0.3, 0.4) is 0 Å². The number of hydrogen-bond donors (Lipinski definition) is 2. The third-order valence-corrected chi connectivity index (χ3v) is 2.26. The second-order valence-electron chi connectivity index (χ2n) is 3.64. The van der Waals surface area contributed by atoms with Gasteiger partial charge in [0.15, 0.2) is 0 Å². The number of nitrogens with zero attached hydrogens (tertiary/aromatic N) is 1. The molecule has 0 spiro atoms. The predicted octanol–water partition coefficient (Wildman–Crippen LogP) is 1.91. The number of nitro groups is 1. The smallest absolute Gasteiger partial charge is 0.295 e. The Bertz CT molecular complexity index is 424. The van der Waals surface area contributed by atoms with E-state index in [1.807, 2.05) is 0 Å². The van der Waals surface area contributed by atoms with E-state index in [4.69, 9.17) is 5.73 Å². The van der Waals surface area contributed by atoms with E-state index in [0.29, 0.717) is 5.56 Å². The van der Waals surface area contributed by atoms with Gasteiger partial charge in [0.1, 0.15) is 5.69 Å². The van der Waals surface area contributed by atoms with E-state index in [1.165, 1.54) is 6.07 Å². The van der Waals surface area contributed by atoms with Crippen molar-refractivity contribution >= 4 is 11.4 Å². The normalized spacial score (nSPS) is 11.3. The molecule has 0 amide bonds. The van der Waals surface area contributed by atoms with Crippen LogP contribution in [0.2, 0.25) is 0 Å². The van der Waals surface area contributed by atoms with E-state index in [0.717, 1.165) is 0 Å². The maximum absolute atomic E-state index is 12.9. The Morgan fingerprint density at radius 3 is 2.71 bits per heavy atom. The van der Waals surface area contributed by atoms with Gasteiger partial charge < -0.3 is 11.1 Å². The molecular weight excluding hydrogens is 232 g/mol. The number of nitrogens with one attached hydrogen (secondary N) is 1. The van der Waals surface area contributed by atoms with Crippen LogP contribution in [0.5, 0.6) is 0 Å². The minimum Gasteiger partial charge on any atom is -0.373 e. The van der Waals surface area contributed by atoms with Crippen LogP contribution in [0.1, 0.15) is 5.56 Å². The Labute approximate surface area is 96.8 Å². The van der Waals surface area contributed by atoms with Crippen LogP contribution in [0, 0.1) is 17.0 Å². The first-order valence-corrected chi connectivity index (χ1v) is 4.93. The highest BCUT2D eigenvalue weighted by Gasteiger charge is 2.27. The van der Waals surface area contributed by atoms with E-state index in [9.17, 15) is 18.9 Å². The van der Waals surface area contributed by atoms with Gasteiger partial charge in [-0.05, 0) is 13.0 Å². The number of benzene rings is 1. The molecule has 3 N–H and O–H groups in total. The van der Waals surface area contributed by atoms with Crippen LogP contribution in [0.4, 0.5) is 20.2 Å². The van der Waals surface area contributed by atoms with Gasteiger partial charge in [-0.15, -0.1) is 0 Å². The summed E-state index contributed by atoms with van der Waals surface area (Å²) in [5.74, 6) is -3.09. The van der Waals surface area contributed by atoms with Gasteiger partial charge >= 0.3 is 0 Å². The van der Waals surface area contributed by atoms with Crippen LogP contribution in [0.25, 0.3) is 0 Å². The summed E-state index contributed by atoms with van der Waals surface area (Å²) in [6, 6.07) is 4.49. The van der Waals surface area contributed by atoms with Crippen LogP contribution in [-0.4, -0.2) is 23.9 Å². The summed E-state index contributed by atoms with van der Waals surface area (Å²) in [6.45, 7) is 0.0117. The number of anilines is 1. The molecule has 0 heterocycles. The molecule has 0 saturated carbocycles. The summed E-state index contributed by atoms with van der Waals surface area (Å²) in [5.41, 5.74) is 5.17. The molecule has 1 rings (SSSR count). The van der Waals surface area contributed by atoms with Crippen molar-refractivity contribution in [2.24, 2.45) is 5.73 Å². The number of para-hydroxylation sites is 1.